The number of amides is 1. The van der Waals surface area contributed by atoms with Crippen molar-refractivity contribution in [2.45, 2.75) is 19.4 Å². The third-order valence-corrected chi connectivity index (χ3v) is 6.69. The highest BCUT2D eigenvalue weighted by atomic mass is 35.5. The third kappa shape index (κ3) is 3.40. The summed E-state index contributed by atoms with van der Waals surface area (Å²) in [6, 6.07) is 16.1. The fourth-order valence-corrected chi connectivity index (χ4v) is 5.02. The maximum absolute atomic E-state index is 13.4. The second kappa shape index (κ2) is 7.83. The van der Waals surface area contributed by atoms with Crippen LogP contribution in [0.15, 0.2) is 69.6 Å². The van der Waals surface area contributed by atoms with E-state index in [9.17, 15) is 14.4 Å². The number of carbonyl (C=O) groups is 1. The summed E-state index contributed by atoms with van der Waals surface area (Å²) in [6.07, 6.45) is 1.80. The van der Waals surface area contributed by atoms with Gasteiger partial charge >= 0.3 is 5.69 Å². The molecule has 4 aromatic rings. The summed E-state index contributed by atoms with van der Waals surface area (Å²) in [6.45, 7) is 0.461. The number of carbonyl (C=O) groups excluding carboxylic acids is 1. The van der Waals surface area contributed by atoms with Crippen molar-refractivity contribution in [3.05, 3.63) is 91.4 Å². The molecule has 5 rings (SSSR count). The monoisotopic (exact) mass is 451 g/mol. The molecule has 0 radical (unpaired) electrons. The normalized spacial score (nSPS) is 13.4. The fraction of sp³-hybridized carbons (Fsp3) is 0.174. The Bertz CT molecular complexity index is 1420. The zero-order valence-electron chi connectivity index (χ0n) is 16.5. The Morgan fingerprint density at radius 1 is 1.03 bits per heavy atom. The van der Waals surface area contributed by atoms with Gasteiger partial charge in [0, 0.05) is 17.3 Å². The number of rotatable bonds is 3. The van der Waals surface area contributed by atoms with Gasteiger partial charge in [-0.3, -0.25) is 14.2 Å². The van der Waals surface area contributed by atoms with Crippen molar-refractivity contribution in [1.82, 2.24) is 9.13 Å². The zero-order valence-corrected chi connectivity index (χ0v) is 18.0. The van der Waals surface area contributed by atoms with Crippen LogP contribution >= 0.6 is 22.9 Å². The number of hydrogen-bond donors (Lipinski definition) is 0. The number of thiophene rings is 1. The van der Waals surface area contributed by atoms with Crippen LogP contribution in [0.5, 0.6) is 0 Å². The van der Waals surface area contributed by atoms with Gasteiger partial charge in [0.05, 0.1) is 11.2 Å². The maximum atomic E-state index is 13.4. The Morgan fingerprint density at radius 2 is 1.81 bits per heavy atom. The number of halogens is 1. The van der Waals surface area contributed by atoms with Crippen molar-refractivity contribution < 1.29 is 4.79 Å². The number of nitrogens with zero attached hydrogens (tertiary/aromatic N) is 3. The largest absolute Gasteiger partial charge is 0.336 e. The van der Waals surface area contributed by atoms with Gasteiger partial charge in [0.25, 0.3) is 5.56 Å². The zero-order chi connectivity index (χ0) is 21.5. The predicted molar refractivity (Wildman–Crippen MR) is 124 cm³/mol. The Balaban J connectivity index is 1.62. The van der Waals surface area contributed by atoms with E-state index in [0.29, 0.717) is 27.5 Å². The van der Waals surface area contributed by atoms with Crippen LogP contribution in [0.3, 0.4) is 0 Å². The van der Waals surface area contributed by atoms with Crippen molar-refractivity contribution in [3.63, 3.8) is 0 Å². The molecule has 0 saturated heterocycles. The maximum Gasteiger partial charge on any atom is 0.336 e. The van der Waals surface area contributed by atoms with E-state index in [-0.39, 0.29) is 12.5 Å². The smallest absolute Gasteiger partial charge is 0.311 e. The minimum absolute atomic E-state index is 0.145. The highest BCUT2D eigenvalue weighted by molar-refractivity contribution is 7.17. The number of para-hydroxylation sites is 1. The van der Waals surface area contributed by atoms with Crippen molar-refractivity contribution in [2.24, 2.45) is 0 Å². The fourth-order valence-electron chi connectivity index (χ4n) is 4.07. The van der Waals surface area contributed by atoms with Crippen LogP contribution in [0.25, 0.3) is 15.9 Å². The Labute approximate surface area is 186 Å². The molecule has 31 heavy (non-hydrogen) atoms. The Kier molecular flexibility index (Phi) is 5.00. The molecule has 0 bridgehead atoms. The van der Waals surface area contributed by atoms with Crippen LogP contribution in [-0.2, 0) is 17.8 Å². The highest BCUT2D eigenvalue weighted by Crippen LogP contribution is 2.27. The van der Waals surface area contributed by atoms with E-state index in [1.807, 2.05) is 24.3 Å². The molecule has 0 spiro atoms. The summed E-state index contributed by atoms with van der Waals surface area (Å²) >= 11 is 7.22. The molecule has 0 fully saturated rings. The van der Waals surface area contributed by atoms with Crippen LogP contribution in [0.1, 0.15) is 12.0 Å². The molecule has 0 aliphatic carbocycles. The van der Waals surface area contributed by atoms with Gasteiger partial charge in [0.2, 0.25) is 5.91 Å². The standard InChI is InChI=1S/C23H18ClN3O3S/c24-16-7-9-17(10-8-16)27-22(29)21-19(11-13-31-21)26(23(27)30)14-20(28)25-12-3-5-15-4-1-2-6-18(15)25/h1-2,4,6-11,13H,3,5,12,14H2. The van der Waals surface area contributed by atoms with Crippen molar-refractivity contribution in [3.8, 4) is 5.69 Å². The van der Waals surface area contributed by atoms with Gasteiger partial charge in [-0.05, 0) is 60.2 Å². The van der Waals surface area contributed by atoms with Crippen LogP contribution < -0.4 is 16.1 Å². The second-order valence-electron chi connectivity index (χ2n) is 7.40. The topological polar surface area (TPSA) is 64.3 Å². The molecule has 8 heteroatoms. The molecule has 0 unspecified atom stereocenters. The molecule has 1 aliphatic rings. The van der Waals surface area contributed by atoms with Crippen LogP contribution in [0.2, 0.25) is 5.02 Å². The molecule has 6 nitrogen and oxygen atoms in total. The van der Waals surface area contributed by atoms with Crippen LogP contribution in [0, 0.1) is 0 Å². The molecule has 1 aliphatic heterocycles. The summed E-state index contributed by atoms with van der Waals surface area (Å²) in [5.74, 6) is -0.178. The van der Waals surface area contributed by atoms with Gasteiger partial charge in [-0.2, -0.15) is 0 Å². The highest BCUT2D eigenvalue weighted by Gasteiger charge is 2.24. The first-order valence-corrected chi connectivity index (χ1v) is 11.2. The molecule has 0 N–H and O–H groups in total. The molecular weight excluding hydrogens is 434 g/mol. The molecular formula is C23H18ClN3O3S. The molecule has 2 aromatic carbocycles. The van der Waals surface area contributed by atoms with Gasteiger partial charge < -0.3 is 4.90 Å². The van der Waals surface area contributed by atoms with Gasteiger partial charge in [-0.15, -0.1) is 11.3 Å². The van der Waals surface area contributed by atoms with Gasteiger partial charge in [-0.1, -0.05) is 29.8 Å². The molecule has 1 amide bonds. The van der Waals surface area contributed by atoms with E-state index in [4.69, 9.17) is 11.6 Å². The first kappa shape index (κ1) is 19.8. The lowest BCUT2D eigenvalue weighted by Crippen LogP contribution is -2.43. The van der Waals surface area contributed by atoms with Gasteiger partial charge in [-0.25, -0.2) is 9.36 Å². The number of aromatic nitrogens is 2. The van der Waals surface area contributed by atoms with E-state index in [1.54, 1.807) is 40.6 Å². The van der Waals surface area contributed by atoms with Crippen molar-refractivity contribution in [1.29, 1.82) is 0 Å². The first-order valence-electron chi connectivity index (χ1n) is 9.92. The second-order valence-corrected chi connectivity index (χ2v) is 8.75. The van der Waals surface area contributed by atoms with Gasteiger partial charge in [0.1, 0.15) is 11.2 Å². The molecule has 2 aromatic heterocycles. The minimum atomic E-state index is -0.545. The van der Waals surface area contributed by atoms with E-state index < -0.39 is 11.2 Å². The number of benzene rings is 2. The Morgan fingerprint density at radius 3 is 2.61 bits per heavy atom. The lowest BCUT2D eigenvalue weighted by atomic mass is 10.0. The summed E-state index contributed by atoms with van der Waals surface area (Å²) < 4.78 is 2.93. The van der Waals surface area contributed by atoms with E-state index >= 15 is 0 Å². The summed E-state index contributed by atoms with van der Waals surface area (Å²) in [4.78, 5) is 41.4. The van der Waals surface area contributed by atoms with E-state index in [1.165, 1.54) is 15.9 Å². The molecule has 3 heterocycles. The minimum Gasteiger partial charge on any atom is -0.311 e. The first-order chi connectivity index (χ1) is 15.0. The molecule has 156 valence electrons. The van der Waals surface area contributed by atoms with E-state index in [0.717, 1.165) is 28.7 Å². The van der Waals surface area contributed by atoms with Crippen molar-refractivity contribution >= 4 is 44.7 Å². The SMILES string of the molecule is O=C(Cn1c(=O)n(-c2ccc(Cl)cc2)c(=O)c2sccc21)N1CCCc2ccccc21. The average Bonchev–Trinajstić information content (AvgIpc) is 3.28. The van der Waals surface area contributed by atoms with Crippen LogP contribution in [0.4, 0.5) is 5.69 Å². The molecule has 0 saturated carbocycles. The van der Waals surface area contributed by atoms with E-state index in [2.05, 4.69) is 0 Å². The number of anilines is 1. The molecule has 0 atom stereocenters. The number of hydrogen-bond acceptors (Lipinski definition) is 4. The van der Waals surface area contributed by atoms with Gasteiger partial charge in [0.15, 0.2) is 0 Å². The summed E-state index contributed by atoms with van der Waals surface area (Å²) in [7, 11) is 0. The summed E-state index contributed by atoms with van der Waals surface area (Å²) in [5, 5.41) is 2.27. The average molecular weight is 452 g/mol. The third-order valence-electron chi connectivity index (χ3n) is 5.54. The predicted octanol–water partition coefficient (Wildman–Crippen LogP) is 3.85. The van der Waals surface area contributed by atoms with Crippen LogP contribution in [-0.4, -0.2) is 21.6 Å². The lowest BCUT2D eigenvalue weighted by Gasteiger charge is -2.29. The number of aryl methyl sites for hydroxylation is 1. The van der Waals surface area contributed by atoms with Crippen molar-refractivity contribution in [2.75, 3.05) is 11.4 Å². The summed E-state index contributed by atoms with van der Waals surface area (Å²) in [5.41, 5.74) is 1.96. The Hall–Kier alpha value is -3.16. The lowest BCUT2D eigenvalue weighted by molar-refractivity contribution is -0.119. The number of fused-ring (bicyclic) bond motifs is 2. The quantitative estimate of drug-likeness (QED) is 0.475.